The van der Waals surface area contributed by atoms with Crippen molar-refractivity contribution in [3.63, 3.8) is 0 Å². The third-order valence-electron chi connectivity index (χ3n) is 4.14. The summed E-state index contributed by atoms with van der Waals surface area (Å²) in [6.07, 6.45) is -2.94. The van der Waals surface area contributed by atoms with Gasteiger partial charge in [-0.25, -0.2) is 0 Å². The molecule has 0 radical (unpaired) electrons. The summed E-state index contributed by atoms with van der Waals surface area (Å²) >= 11 is 0. The first-order valence-corrected chi connectivity index (χ1v) is 8.68. The number of alkyl halides is 3. The minimum absolute atomic E-state index is 0.198. The van der Waals surface area contributed by atoms with E-state index < -0.39 is 23.6 Å². The summed E-state index contributed by atoms with van der Waals surface area (Å²) in [6.45, 7) is -0.0509. The molecule has 5 nitrogen and oxygen atoms in total. The predicted molar refractivity (Wildman–Crippen MR) is 99.8 cm³/mol. The van der Waals surface area contributed by atoms with E-state index in [9.17, 15) is 22.8 Å². The second-order valence-electron chi connectivity index (χ2n) is 6.16. The number of hydrogen-bond donors (Lipinski definition) is 2. The number of nitrogens with one attached hydrogen (secondary N) is 2. The molecular weight excluding hydrogens is 385 g/mol. The van der Waals surface area contributed by atoms with Crippen molar-refractivity contribution in [1.29, 1.82) is 0 Å². The molecule has 2 amide bonds. The summed E-state index contributed by atoms with van der Waals surface area (Å²) in [5.41, 5.74) is 0.420. The van der Waals surface area contributed by atoms with Crippen LogP contribution >= 0.6 is 0 Å². The van der Waals surface area contributed by atoms with Gasteiger partial charge in [-0.05, 0) is 41.5 Å². The van der Waals surface area contributed by atoms with Crippen molar-refractivity contribution in [2.75, 3.05) is 6.54 Å². The zero-order chi connectivity index (χ0) is 20.9. The maximum atomic E-state index is 12.8. The van der Waals surface area contributed by atoms with Crippen molar-refractivity contribution in [3.8, 4) is 11.1 Å². The van der Waals surface area contributed by atoms with Crippen molar-refractivity contribution in [3.05, 3.63) is 83.8 Å². The van der Waals surface area contributed by atoms with Gasteiger partial charge in [-0.3, -0.25) is 9.59 Å². The van der Waals surface area contributed by atoms with Gasteiger partial charge >= 0.3 is 6.18 Å². The molecule has 1 aromatic heterocycles. The van der Waals surface area contributed by atoms with Gasteiger partial charge < -0.3 is 15.1 Å². The lowest BCUT2D eigenvalue weighted by Gasteiger charge is -2.12. The minimum Gasteiger partial charge on any atom is -0.467 e. The fraction of sp³-hybridized carbons (Fsp3) is 0.143. The lowest BCUT2D eigenvalue weighted by atomic mass is 9.98. The molecule has 0 saturated heterocycles. The molecule has 3 aromatic rings. The maximum absolute atomic E-state index is 12.8. The molecule has 0 spiro atoms. The second-order valence-corrected chi connectivity index (χ2v) is 6.16. The molecule has 3 rings (SSSR count). The quantitative estimate of drug-likeness (QED) is 0.655. The fourth-order valence-corrected chi connectivity index (χ4v) is 2.69. The van der Waals surface area contributed by atoms with Gasteiger partial charge in [-0.2, -0.15) is 13.2 Å². The Hall–Kier alpha value is -3.55. The summed E-state index contributed by atoms with van der Waals surface area (Å²) in [7, 11) is 0. The Balaban J connectivity index is 1.66. The Morgan fingerprint density at radius 2 is 1.62 bits per heavy atom. The Kier molecular flexibility index (Phi) is 6.01. The van der Waals surface area contributed by atoms with Crippen LogP contribution in [0, 0.1) is 0 Å². The van der Waals surface area contributed by atoms with Gasteiger partial charge in [0, 0.05) is 5.56 Å². The molecule has 0 fully saturated rings. The van der Waals surface area contributed by atoms with E-state index in [-0.39, 0.29) is 18.7 Å². The maximum Gasteiger partial charge on any atom is 0.416 e. The third-order valence-corrected chi connectivity index (χ3v) is 4.14. The lowest BCUT2D eigenvalue weighted by Crippen LogP contribution is -2.36. The average Bonchev–Trinajstić information content (AvgIpc) is 3.23. The van der Waals surface area contributed by atoms with Crippen LogP contribution in [0.5, 0.6) is 0 Å². The lowest BCUT2D eigenvalue weighted by molar-refractivity contribution is -0.137. The summed E-state index contributed by atoms with van der Waals surface area (Å²) in [6, 6.07) is 14.5. The largest absolute Gasteiger partial charge is 0.467 e. The van der Waals surface area contributed by atoms with Gasteiger partial charge in [0.1, 0.15) is 5.76 Å². The van der Waals surface area contributed by atoms with E-state index in [0.29, 0.717) is 16.9 Å². The number of benzene rings is 2. The number of hydrogen-bond acceptors (Lipinski definition) is 3. The van der Waals surface area contributed by atoms with E-state index in [1.165, 1.54) is 18.4 Å². The number of halogens is 3. The number of carbonyl (C=O) groups is 2. The smallest absolute Gasteiger partial charge is 0.416 e. The van der Waals surface area contributed by atoms with Crippen molar-refractivity contribution < 1.29 is 27.2 Å². The molecule has 2 N–H and O–H groups in total. The predicted octanol–water partition coefficient (Wildman–Crippen LogP) is 4.01. The highest BCUT2D eigenvalue weighted by Gasteiger charge is 2.30. The zero-order valence-electron chi connectivity index (χ0n) is 15.1. The number of amides is 2. The summed E-state index contributed by atoms with van der Waals surface area (Å²) in [4.78, 5) is 24.4. The standard InChI is InChI=1S/C21H17F3N2O3/c22-21(23,24)15-9-7-14(8-10-15)17-5-1-2-6-18(17)20(28)26-13-19(27)25-12-16-4-3-11-29-16/h1-11H,12-13H2,(H,25,27)(H,26,28). The van der Waals surface area contributed by atoms with Crippen LogP contribution in [0.3, 0.4) is 0 Å². The summed E-state index contributed by atoms with van der Waals surface area (Å²) in [5, 5.41) is 5.12. The Bertz CT molecular complexity index is 981. The van der Waals surface area contributed by atoms with Crippen LogP contribution in [-0.2, 0) is 17.5 Å². The molecule has 0 bridgehead atoms. The van der Waals surface area contributed by atoms with Gasteiger partial charge in [0.25, 0.3) is 5.91 Å². The first kappa shape index (κ1) is 20.2. The topological polar surface area (TPSA) is 71.3 Å². The van der Waals surface area contributed by atoms with E-state index in [1.807, 2.05) is 0 Å². The van der Waals surface area contributed by atoms with E-state index in [4.69, 9.17) is 4.42 Å². The monoisotopic (exact) mass is 402 g/mol. The molecule has 0 aliphatic carbocycles. The van der Waals surface area contributed by atoms with E-state index in [0.717, 1.165) is 12.1 Å². The van der Waals surface area contributed by atoms with Crippen molar-refractivity contribution in [2.24, 2.45) is 0 Å². The molecule has 2 aromatic carbocycles. The normalized spacial score (nSPS) is 11.1. The van der Waals surface area contributed by atoms with E-state index in [2.05, 4.69) is 10.6 Å². The molecule has 0 aliphatic rings. The first-order valence-electron chi connectivity index (χ1n) is 8.68. The van der Waals surface area contributed by atoms with Crippen LogP contribution in [0.1, 0.15) is 21.7 Å². The van der Waals surface area contributed by atoms with Crippen LogP contribution in [0.25, 0.3) is 11.1 Å². The van der Waals surface area contributed by atoms with E-state index >= 15 is 0 Å². The van der Waals surface area contributed by atoms with Crippen LogP contribution in [-0.4, -0.2) is 18.4 Å². The Morgan fingerprint density at radius 3 is 2.28 bits per heavy atom. The highest BCUT2D eigenvalue weighted by Crippen LogP contribution is 2.31. The zero-order valence-corrected chi connectivity index (χ0v) is 15.1. The van der Waals surface area contributed by atoms with Gasteiger partial charge in [0.05, 0.1) is 24.9 Å². The first-order chi connectivity index (χ1) is 13.8. The summed E-state index contributed by atoms with van der Waals surface area (Å²) < 4.78 is 43.4. The number of rotatable bonds is 6. The molecule has 0 unspecified atom stereocenters. The van der Waals surface area contributed by atoms with Crippen LogP contribution in [0.4, 0.5) is 13.2 Å². The third kappa shape index (κ3) is 5.25. The molecule has 0 saturated carbocycles. The molecule has 8 heteroatoms. The SMILES string of the molecule is O=C(CNC(=O)c1ccccc1-c1ccc(C(F)(F)F)cc1)NCc1ccco1. The highest BCUT2D eigenvalue weighted by atomic mass is 19.4. The molecule has 0 atom stereocenters. The Morgan fingerprint density at radius 1 is 0.897 bits per heavy atom. The average molecular weight is 402 g/mol. The highest BCUT2D eigenvalue weighted by molar-refractivity contribution is 6.02. The fourth-order valence-electron chi connectivity index (χ4n) is 2.69. The molecule has 29 heavy (non-hydrogen) atoms. The van der Waals surface area contributed by atoms with Gasteiger partial charge in [0.15, 0.2) is 0 Å². The van der Waals surface area contributed by atoms with Crippen molar-refractivity contribution in [2.45, 2.75) is 12.7 Å². The van der Waals surface area contributed by atoms with Crippen LogP contribution in [0.2, 0.25) is 0 Å². The van der Waals surface area contributed by atoms with Gasteiger partial charge in [-0.15, -0.1) is 0 Å². The van der Waals surface area contributed by atoms with Crippen molar-refractivity contribution in [1.82, 2.24) is 10.6 Å². The number of furan rings is 1. The van der Waals surface area contributed by atoms with Crippen LogP contribution < -0.4 is 10.6 Å². The van der Waals surface area contributed by atoms with Gasteiger partial charge in [0.2, 0.25) is 5.91 Å². The van der Waals surface area contributed by atoms with Crippen LogP contribution in [0.15, 0.2) is 71.3 Å². The minimum atomic E-state index is -4.43. The van der Waals surface area contributed by atoms with Gasteiger partial charge in [-0.1, -0.05) is 30.3 Å². The van der Waals surface area contributed by atoms with E-state index in [1.54, 1.807) is 36.4 Å². The van der Waals surface area contributed by atoms with Crippen molar-refractivity contribution >= 4 is 11.8 Å². The number of carbonyl (C=O) groups excluding carboxylic acids is 2. The molecular formula is C21H17F3N2O3. The Labute approximate surface area is 164 Å². The molecule has 150 valence electrons. The second kappa shape index (κ2) is 8.64. The summed E-state index contributed by atoms with van der Waals surface area (Å²) in [5.74, 6) is -0.326. The molecule has 1 heterocycles. The molecule has 0 aliphatic heterocycles.